The summed E-state index contributed by atoms with van der Waals surface area (Å²) in [5.41, 5.74) is 6.07. The summed E-state index contributed by atoms with van der Waals surface area (Å²) >= 11 is 0. The molecule has 1 aliphatic heterocycles. The van der Waals surface area contributed by atoms with E-state index in [0.29, 0.717) is 12.0 Å². The van der Waals surface area contributed by atoms with Gasteiger partial charge in [-0.1, -0.05) is 13.8 Å². The molecule has 2 fully saturated rings. The number of hydrogen-bond donors (Lipinski definition) is 1. The van der Waals surface area contributed by atoms with Crippen LogP contribution in [0, 0.1) is 11.8 Å². The first-order valence-electron chi connectivity index (χ1n) is 6.66. The summed E-state index contributed by atoms with van der Waals surface area (Å²) in [6.07, 6.45) is 6.91. The molecule has 2 nitrogen and oxygen atoms in total. The predicted octanol–water partition coefficient (Wildman–Crippen LogP) is 2.23. The molecular weight excluding hydrogens is 184 g/mol. The molecule has 1 aliphatic carbocycles. The van der Waals surface area contributed by atoms with E-state index in [9.17, 15) is 0 Å². The van der Waals surface area contributed by atoms with Gasteiger partial charge in [0.25, 0.3) is 0 Å². The predicted molar refractivity (Wildman–Crippen MR) is 64.7 cm³/mol. The van der Waals surface area contributed by atoms with Crippen LogP contribution in [-0.2, 0) is 0 Å². The minimum atomic E-state index is 0.448. The van der Waals surface area contributed by atoms with Gasteiger partial charge in [-0.2, -0.15) is 0 Å². The molecule has 2 unspecified atom stereocenters. The van der Waals surface area contributed by atoms with Gasteiger partial charge in [0, 0.05) is 18.6 Å². The smallest absolute Gasteiger partial charge is 0.00955 e. The monoisotopic (exact) mass is 210 g/mol. The lowest BCUT2D eigenvalue weighted by Crippen LogP contribution is -2.50. The third-order valence-electron chi connectivity index (χ3n) is 4.50. The van der Waals surface area contributed by atoms with Crippen LogP contribution in [0.1, 0.15) is 46.0 Å². The normalized spacial score (nSPS) is 44.2. The van der Waals surface area contributed by atoms with Crippen LogP contribution < -0.4 is 5.73 Å². The van der Waals surface area contributed by atoms with Crippen LogP contribution in [0.25, 0.3) is 0 Å². The van der Waals surface area contributed by atoms with Crippen molar-refractivity contribution in [1.82, 2.24) is 4.90 Å². The van der Waals surface area contributed by atoms with Gasteiger partial charge in [-0.25, -0.2) is 0 Å². The van der Waals surface area contributed by atoms with E-state index >= 15 is 0 Å². The van der Waals surface area contributed by atoms with Crippen LogP contribution in [0.2, 0.25) is 0 Å². The van der Waals surface area contributed by atoms with Crippen LogP contribution in [0.5, 0.6) is 0 Å². The molecule has 0 radical (unpaired) electrons. The molecule has 2 heteroatoms. The molecule has 0 aromatic heterocycles. The fourth-order valence-electron chi connectivity index (χ4n) is 3.14. The number of likely N-dealkylation sites (tertiary alicyclic amines) is 1. The Kier molecular flexibility index (Phi) is 3.68. The first-order chi connectivity index (χ1) is 7.16. The maximum atomic E-state index is 6.07. The minimum absolute atomic E-state index is 0.448. The molecule has 88 valence electrons. The maximum absolute atomic E-state index is 6.07. The second kappa shape index (κ2) is 4.84. The summed E-state index contributed by atoms with van der Waals surface area (Å²) in [4.78, 5) is 2.71. The second-order valence-corrected chi connectivity index (χ2v) is 5.84. The lowest BCUT2D eigenvalue weighted by molar-refractivity contribution is 0.0843. The van der Waals surface area contributed by atoms with Crippen molar-refractivity contribution < 1.29 is 0 Å². The van der Waals surface area contributed by atoms with E-state index in [1.165, 1.54) is 45.2 Å². The zero-order valence-corrected chi connectivity index (χ0v) is 10.3. The average molecular weight is 210 g/mol. The van der Waals surface area contributed by atoms with Gasteiger partial charge in [-0.05, 0) is 50.5 Å². The minimum Gasteiger partial charge on any atom is -0.327 e. The van der Waals surface area contributed by atoms with Gasteiger partial charge < -0.3 is 10.6 Å². The third kappa shape index (κ3) is 2.73. The molecular formula is C13H26N2. The van der Waals surface area contributed by atoms with Crippen molar-refractivity contribution in [2.75, 3.05) is 13.1 Å². The van der Waals surface area contributed by atoms with Crippen molar-refractivity contribution in [3.8, 4) is 0 Å². The van der Waals surface area contributed by atoms with Crippen molar-refractivity contribution in [2.24, 2.45) is 17.6 Å². The van der Waals surface area contributed by atoms with Crippen molar-refractivity contribution in [2.45, 2.75) is 58.0 Å². The molecule has 0 spiro atoms. The Morgan fingerprint density at radius 2 is 1.67 bits per heavy atom. The first-order valence-corrected chi connectivity index (χ1v) is 6.66. The van der Waals surface area contributed by atoms with Crippen molar-refractivity contribution >= 4 is 0 Å². The molecule has 0 aromatic carbocycles. The second-order valence-electron chi connectivity index (χ2n) is 5.84. The fraction of sp³-hybridized carbons (Fsp3) is 1.00. The first kappa shape index (κ1) is 11.4. The van der Waals surface area contributed by atoms with E-state index < -0.39 is 0 Å². The Hall–Kier alpha value is -0.0800. The zero-order valence-electron chi connectivity index (χ0n) is 10.3. The van der Waals surface area contributed by atoms with Crippen molar-refractivity contribution in [3.05, 3.63) is 0 Å². The highest BCUT2D eigenvalue weighted by atomic mass is 15.2. The lowest BCUT2D eigenvalue weighted by atomic mass is 9.84. The van der Waals surface area contributed by atoms with Crippen LogP contribution in [0.15, 0.2) is 0 Å². The molecule has 15 heavy (non-hydrogen) atoms. The topological polar surface area (TPSA) is 29.3 Å². The largest absolute Gasteiger partial charge is 0.327 e. The van der Waals surface area contributed by atoms with E-state index in [1.807, 2.05) is 0 Å². The molecule has 2 atom stereocenters. The molecule has 2 N–H and O–H groups in total. The van der Waals surface area contributed by atoms with Gasteiger partial charge in [0.15, 0.2) is 0 Å². The Bertz CT molecular complexity index is 197. The van der Waals surface area contributed by atoms with Crippen molar-refractivity contribution in [3.63, 3.8) is 0 Å². The number of nitrogens with zero attached hydrogens (tertiary/aromatic N) is 1. The van der Waals surface area contributed by atoms with E-state index in [0.717, 1.165) is 12.0 Å². The third-order valence-corrected chi connectivity index (χ3v) is 4.50. The Labute approximate surface area is 94.2 Å². The average Bonchev–Trinajstić information content (AvgIpc) is 2.23. The SMILES string of the molecule is CC1CCC(N2CCC(N)C(C)C2)CC1. The van der Waals surface area contributed by atoms with Gasteiger partial charge in [-0.15, -0.1) is 0 Å². The van der Waals surface area contributed by atoms with Crippen LogP contribution in [0.3, 0.4) is 0 Å². The molecule has 0 amide bonds. The number of hydrogen-bond acceptors (Lipinski definition) is 2. The summed E-state index contributed by atoms with van der Waals surface area (Å²) in [6, 6.07) is 1.32. The molecule has 1 saturated heterocycles. The van der Waals surface area contributed by atoms with Gasteiger partial charge in [0.1, 0.15) is 0 Å². The van der Waals surface area contributed by atoms with Gasteiger partial charge in [0.2, 0.25) is 0 Å². The number of nitrogens with two attached hydrogens (primary N) is 1. The number of rotatable bonds is 1. The van der Waals surface area contributed by atoms with Crippen LogP contribution in [-0.4, -0.2) is 30.1 Å². The summed E-state index contributed by atoms with van der Waals surface area (Å²) in [5.74, 6) is 1.66. The Morgan fingerprint density at radius 3 is 2.27 bits per heavy atom. The van der Waals surface area contributed by atoms with E-state index in [2.05, 4.69) is 18.7 Å². The maximum Gasteiger partial charge on any atom is 0.00955 e. The number of piperidine rings is 1. The summed E-state index contributed by atoms with van der Waals surface area (Å²) < 4.78 is 0. The fourth-order valence-corrected chi connectivity index (χ4v) is 3.14. The van der Waals surface area contributed by atoms with Crippen LogP contribution >= 0.6 is 0 Å². The highest BCUT2D eigenvalue weighted by Crippen LogP contribution is 2.29. The quantitative estimate of drug-likeness (QED) is 0.719. The summed E-state index contributed by atoms with van der Waals surface area (Å²) in [7, 11) is 0. The molecule has 2 aliphatic rings. The van der Waals surface area contributed by atoms with Gasteiger partial charge in [0.05, 0.1) is 0 Å². The van der Waals surface area contributed by atoms with Crippen LogP contribution in [0.4, 0.5) is 0 Å². The van der Waals surface area contributed by atoms with E-state index in [4.69, 9.17) is 5.73 Å². The molecule has 2 rings (SSSR count). The summed E-state index contributed by atoms with van der Waals surface area (Å²) in [6.45, 7) is 7.18. The highest BCUT2D eigenvalue weighted by Gasteiger charge is 2.29. The highest BCUT2D eigenvalue weighted by molar-refractivity contribution is 4.86. The van der Waals surface area contributed by atoms with E-state index in [-0.39, 0.29) is 0 Å². The zero-order chi connectivity index (χ0) is 10.8. The Balaban J connectivity index is 1.84. The standard InChI is InChI=1S/C13H26N2/c1-10-3-5-12(6-4-10)15-8-7-13(14)11(2)9-15/h10-13H,3-9,14H2,1-2H3. The summed E-state index contributed by atoms with van der Waals surface area (Å²) in [5, 5.41) is 0. The molecule has 1 saturated carbocycles. The van der Waals surface area contributed by atoms with Gasteiger partial charge >= 0.3 is 0 Å². The van der Waals surface area contributed by atoms with Crippen molar-refractivity contribution in [1.29, 1.82) is 0 Å². The Morgan fingerprint density at radius 1 is 1.00 bits per heavy atom. The lowest BCUT2D eigenvalue weighted by Gasteiger charge is -2.42. The molecule has 0 bridgehead atoms. The molecule has 0 aromatic rings. The van der Waals surface area contributed by atoms with E-state index in [1.54, 1.807) is 0 Å². The van der Waals surface area contributed by atoms with Gasteiger partial charge in [-0.3, -0.25) is 0 Å². The molecule has 1 heterocycles.